The van der Waals surface area contributed by atoms with Crippen LogP contribution in [0.15, 0.2) is 182 Å². The van der Waals surface area contributed by atoms with Gasteiger partial charge in [-0.25, -0.2) is 4.79 Å². The molecule has 0 unspecified atom stereocenters. The Bertz CT molecular complexity index is 3790. The second-order valence-electron chi connectivity index (χ2n) is 26.0. The number of carbonyl (C=O) groups excluding carboxylic acids is 9. The highest BCUT2D eigenvalue weighted by molar-refractivity contribution is 8.76. The predicted octanol–water partition coefficient (Wildman–Crippen LogP) is 6.03. The number of aliphatic hydroxyl groups excluding tert-OH is 3. The Kier molecular flexibility index (Phi) is 29.8. The van der Waals surface area contributed by atoms with Crippen LogP contribution >= 0.6 is 33.3 Å². The molecule has 1 saturated heterocycles. The normalized spacial score (nSPS) is 19.5. The third kappa shape index (κ3) is 23.2. The van der Waals surface area contributed by atoms with Crippen molar-refractivity contribution in [3.8, 4) is 0 Å². The minimum absolute atomic E-state index is 0.0134. The van der Waals surface area contributed by atoms with Crippen molar-refractivity contribution in [2.45, 2.75) is 150 Å². The molecule has 2 heterocycles. The average molecular weight is 1450 g/mol. The number of para-hydroxylation sites is 1. The maximum Gasteiger partial charge on any atom is 0.407 e. The van der Waals surface area contributed by atoms with E-state index in [9.17, 15) is 39.3 Å². The van der Waals surface area contributed by atoms with Crippen LogP contribution in [0, 0.1) is 0 Å². The molecule has 9 amide bonds. The third-order valence-electron chi connectivity index (χ3n) is 17.0. The summed E-state index contributed by atoms with van der Waals surface area (Å²) in [5.74, 6) is -6.90. The Morgan fingerprint density at radius 3 is 1.72 bits per heavy atom. The first-order valence-corrected chi connectivity index (χ1v) is 37.5. The summed E-state index contributed by atoms with van der Waals surface area (Å²) in [7, 11) is 1.97. The molecular formula is C76H92N10O13S3. The molecule has 0 aliphatic carbocycles. The van der Waals surface area contributed by atoms with Crippen LogP contribution in [0.5, 0.6) is 0 Å². The van der Waals surface area contributed by atoms with Crippen molar-refractivity contribution in [2.75, 3.05) is 30.4 Å². The largest absolute Gasteiger partial charge is 0.444 e. The molecule has 0 radical (unpaired) electrons. The first-order valence-electron chi connectivity index (χ1n) is 34.0. The van der Waals surface area contributed by atoms with Crippen molar-refractivity contribution in [3.05, 3.63) is 216 Å². The Hall–Kier alpha value is -9.18. The minimum atomic E-state index is -1.77. The number of benzene rings is 6. The topological polar surface area (TPSA) is 348 Å². The summed E-state index contributed by atoms with van der Waals surface area (Å²) < 4.78 is 4.62. The molecule has 1 aliphatic rings. The number of hydrogen-bond acceptors (Lipinski definition) is 16. The Morgan fingerprint density at radius 1 is 0.608 bits per heavy atom. The molecule has 0 bridgehead atoms. The van der Waals surface area contributed by atoms with Gasteiger partial charge in [-0.15, -0.1) is 11.8 Å². The number of rotatable bonds is 26. The van der Waals surface area contributed by atoms with Crippen molar-refractivity contribution in [3.63, 3.8) is 0 Å². The molecule has 1 aromatic heterocycles. The monoisotopic (exact) mass is 1450 g/mol. The molecule has 0 spiro atoms. The highest BCUT2D eigenvalue weighted by Crippen LogP contribution is 2.48. The summed E-state index contributed by atoms with van der Waals surface area (Å²) in [6.45, 7) is 7.11. The number of ether oxygens (including phenoxy) is 1. The quantitative estimate of drug-likeness (QED) is 0.0167. The van der Waals surface area contributed by atoms with Crippen LogP contribution in [0.25, 0.3) is 10.9 Å². The van der Waals surface area contributed by atoms with Crippen LogP contribution in [-0.4, -0.2) is 170 Å². The van der Waals surface area contributed by atoms with E-state index in [0.717, 1.165) is 43.8 Å². The van der Waals surface area contributed by atoms with E-state index >= 15 is 19.2 Å². The summed E-state index contributed by atoms with van der Waals surface area (Å²) >= 11 is 1.57. The molecule has 10 atom stereocenters. The second kappa shape index (κ2) is 38.7. The lowest BCUT2D eigenvalue weighted by Crippen LogP contribution is -2.62. The summed E-state index contributed by atoms with van der Waals surface area (Å²) in [6, 6.07) is 43.4. The summed E-state index contributed by atoms with van der Waals surface area (Å²) in [6.07, 6.45) is -1.87. The van der Waals surface area contributed by atoms with Crippen molar-refractivity contribution >= 4 is 97.6 Å². The zero-order valence-corrected chi connectivity index (χ0v) is 60.2. The lowest BCUT2D eigenvalue weighted by molar-refractivity contribution is -0.136. The fraction of sp³-hybridized carbons (Fsp3) is 0.382. The number of nitrogens with one attached hydrogen (secondary N) is 10. The fourth-order valence-electron chi connectivity index (χ4n) is 11.6. The van der Waals surface area contributed by atoms with Gasteiger partial charge >= 0.3 is 6.09 Å². The number of fused-ring (bicyclic) bond motifs is 1. The lowest BCUT2D eigenvalue weighted by atomic mass is 9.84. The molecule has 23 nitrogen and oxygen atoms in total. The minimum Gasteiger partial charge on any atom is -0.444 e. The van der Waals surface area contributed by atoms with E-state index < -0.39 is 131 Å². The predicted molar refractivity (Wildman–Crippen MR) is 397 cm³/mol. The van der Waals surface area contributed by atoms with Crippen molar-refractivity contribution in [1.82, 2.24) is 52.8 Å². The van der Waals surface area contributed by atoms with Crippen molar-refractivity contribution < 1.29 is 63.2 Å². The molecule has 26 heteroatoms. The molecule has 8 rings (SSSR count). The van der Waals surface area contributed by atoms with E-state index in [-0.39, 0.29) is 63.0 Å². The van der Waals surface area contributed by atoms with Crippen LogP contribution in [0.1, 0.15) is 93.7 Å². The molecule has 13 N–H and O–H groups in total. The van der Waals surface area contributed by atoms with Gasteiger partial charge in [0.1, 0.15) is 47.9 Å². The van der Waals surface area contributed by atoms with Gasteiger partial charge < -0.3 is 72.9 Å². The number of carbonyl (C=O) groups is 9. The van der Waals surface area contributed by atoms with Crippen molar-refractivity contribution in [2.24, 2.45) is 0 Å². The van der Waals surface area contributed by atoms with Gasteiger partial charge in [0.2, 0.25) is 47.3 Å². The highest BCUT2D eigenvalue weighted by atomic mass is 33.1. The zero-order valence-electron chi connectivity index (χ0n) is 57.7. The van der Waals surface area contributed by atoms with Gasteiger partial charge in [0.25, 0.3) is 0 Å². The smallest absolute Gasteiger partial charge is 0.407 e. The van der Waals surface area contributed by atoms with E-state index in [4.69, 9.17) is 4.74 Å². The van der Waals surface area contributed by atoms with E-state index in [1.54, 1.807) is 99.4 Å². The standard InChI is InChI=1S/C76H92N10O13S3/c1-48(88)62(45-87)83-72(96)64-47-102-101-46-63(84-68(92)59(41-50-25-11-6-12-26-50)79-65(90)38-40-100-76(53-29-15-8-16-30-53,54-31-17-9-18-32-54)55-33-19-10-20-34-55)71(95)81-60(42-51-27-13-7-14-28-51)69(93)82-61(43-52-44-78-57-36-22-21-35-56(52)57)70(94)80-58(67(91)86-66(49(2)89)73(97)85-64)37-23-24-39-77-74(98)99-75(3,4)5/h6-22,25-36,44,48-49,58-64,66,78,87-89H,23-24,37-43,45-47H2,1-5H3,(H,77,98)(H,79,90)(H,80,94)(H,81,95)(H,82,93)(H,83,96)(H,84,92)(H,85,97)(H,86,91)/t48-,49-,58+,59-,60+,61-,62-,63+,64+,66+/m1/s1. The Balaban J connectivity index is 1.14. The van der Waals surface area contributed by atoms with Gasteiger partial charge in [0.05, 0.1) is 29.6 Å². The van der Waals surface area contributed by atoms with Crippen LogP contribution < -0.4 is 47.9 Å². The summed E-state index contributed by atoms with van der Waals surface area (Å²) in [5, 5.41) is 57.4. The average Bonchev–Trinajstić information content (AvgIpc) is 0.886. The molecule has 7 aromatic rings. The number of aromatic amines is 1. The number of unbranched alkanes of at least 4 members (excludes halogenated alkanes) is 1. The molecular weight excluding hydrogens is 1360 g/mol. The Labute approximate surface area is 606 Å². The first-order chi connectivity index (χ1) is 49.0. The fourth-order valence-corrected chi connectivity index (χ4v) is 15.5. The molecule has 6 aromatic carbocycles. The van der Waals surface area contributed by atoms with Crippen LogP contribution in [-0.2, 0) is 67.1 Å². The van der Waals surface area contributed by atoms with E-state index in [0.29, 0.717) is 27.8 Å². The maximum absolute atomic E-state index is 15.4. The van der Waals surface area contributed by atoms with Gasteiger partial charge in [-0.2, -0.15) is 0 Å². The number of aromatic nitrogens is 1. The van der Waals surface area contributed by atoms with Gasteiger partial charge in [-0.1, -0.05) is 191 Å². The number of alkyl carbamates (subject to hydrolysis) is 1. The molecule has 102 heavy (non-hydrogen) atoms. The van der Waals surface area contributed by atoms with Gasteiger partial charge in [0.15, 0.2) is 0 Å². The Morgan fingerprint density at radius 2 is 1.14 bits per heavy atom. The zero-order chi connectivity index (χ0) is 73.2. The first kappa shape index (κ1) is 78.5. The molecule has 0 saturated carbocycles. The van der Waals surface area contributed by atoms with Crippen LogP contribution in [0.3, 0.4) is 0 Å². The van der Waals surface area contributed by atoms with Gasteiger partial charge in [-0.3, -0.25) is 38.4 Å². The van der Waals surface area contributed by atoms with E-state index in [1.165, 1.54) is 13.8 Å². The van der Waals surface area contributed by atoms with E-state index in [1.807, 2.05) is 78.9 Å². The number of amides is 9. The van der Waals surface area contributed by atoms with E-state index in [2.05, 4.69) is 89.2 Å². The lowest BCUT2D eigenvalue weighted by Gasteiger charge is -2.35. The molecule has 542 valence electrons. The SMILES string of the molecule is C[C@@H](O)[C@@H]1NC(=O)[C@H](CCCCNC(=O)OC(C)(C)C)NC(=O)[C@@H](Cc2c[nH]c3ccccc23)NC(=O)[C@H](Cc2ccccc2)NC(=O)[C@@H](NC(=O)[C@@H](Cc2ccccc2)NC(=O)CCSC(c2ccccc2)(c2ccccc2)c2ccccc2)CSSC[C@@H](C(=O)N[C@H](CO)[C@@H](C)O)NC1=O. The number of thioether (sulfide) groups is 1. The number of aliphatic hydroxyl groups is 3. The summed E-state index contributed by atoms with van der Waals surface area (Å²) in [5.41, 5.74) is 4.79. The van der Waals surface area contributed by atoms with Crippen LogP contribution in [0.2, 0.25) is 0 Å². The van der Waals surface area contributed by atoms with Gasteiger partial charge in [-0.05, 0) is 93.3 Å². The van der Waals surface area contributed by atoms with Gasteiger partial charge in [0, 0.05) is 66.6 Å². The number of H-pyrrole nitrogens is 1. The maximum atomic E-state index is 15.4. The molecule has 1 aliphatic heterocycles. The third-order valence-corrected chi connectivity index (χ3v) is 20.9. The number of hydrogen-bond donors (Lipinski definition) is 13. The molecule has 1 fully saturated rings. The van der Waals surface area contributed by atoms with Crippen molar-refractivity contribution in [1.29, 1.82) is 0 Å². The van der Waals surface area contributed by atoms with Crippen LogP contribution in [0.4, 0.5) is 4.79 Å². The summed E-state index contributed by atoms with van der Waals surface area (Å²) in [4.78, 5) is 135. The highest BCUT2D eigenvalue weighted by Gasteiger charge is 2.40. The second-order valence-corrected chi connectivity index (χ2v) is 29.9.